The summed E-state index contributed by atoms with van der Waals surface area (Å²) in [6.07, 6.45) is 1.18. The monoisotopic (exact) mass is 382 g/mol. The van der Waals surface area contributed by atoms with Crippen molar-refractivity contribution < 1.29 is 24.2 Å². The van der Waals surface area contributed by atoms with Crippen LogP contribution in [0.25, 0.3) is 0 Å². The number of methoxy groups -OCH3 is 1. The molecule has 7 heteroatoms. The maximum atomic E-state index is 13.1. The summed E-state index contributed by atoms with van der Waals surface area (Å²) in [5.41, 5.74) is 1.55. The van der Waals surface area contributed by atoms with Crippen LogP contribution in [0.3, 0.4) is 0 Å². The van der Waals surface area contributed by atoms with Gasteiger partial charge in [0.1, 0.15) is 6.61 Å². The van der Waals surface area contributed by atoms with Gasteiger partial charge in [-0.1, -0.05) is 30.3 Å². The molecule has 0 radical (unpaired) electrons. The van der Waals surface area contributed by atoms with Gasteiger partial charge in [0.25, 0.3) is 5.91 Å². The van der Waals surface area contributed by atoms with Gasteiger partial charge in [-0.15, -0.1) is 0 Å². The van der Waals surface area contributed by atoms with E-state index >= 15 is 0 Å². The van der Waals surface area contributed by atoms with Crippen molar-refractivity contribution in [2.24, 2.45) is 0 Å². The Balaban J connectivity index is 1.67. The average Bonchev–Trinajstić information content (AvgIpc) is 3.14. The summed E-state index contributed by atoms with van der Waals surface area (Å²) in [5, 5.41) is 10.2. The highest BCUT2D eigenvalue weighted by molar-refractivity contribution is 6.05. The third-order valence-electron chi connectivity index (χ3n) is 5.28. The first kappa shape index (κ1) is 18.2. The second-order valence-corrected chi connectivity index (χ2v) is 6.99. The summed E-state index contributed by atoms with van der Waals surface area (Å²) in [6.45, 7) is 1.12. The molecule has 0 unspecified atom stereocenters. The Hall–Kier alpha value is -3.22. The molecule has 0 bridgehead atoms. The molecule has 2 aliphatic rings. The Labute approximate surface area is 163 Å². The molecule has 2 heterocycles. The zero-order chi connectivity index (χ0) is 19.7. The van der Waals surface area contributed by atoms with Gasteiger partial charge < -0.3 is 19.5 Å². The summed E-state index contributed by atoms with van der Waals surface area (Å²) in [5.74, 6) is -0.0894. The van der Waals surface area contributed by atoms with Crippen LogP contribution >= 0.6 is 0 Å². The Kier molecular flexibility index (Phi) is 4.81. The largest absolute Gasteiger partial charge is 0.504 e. The van der Waals surface area contributed by atoms with Crippen molar-refractivity contribution in [3.05, 3.63) is 53.6 Å². The number of phenols is 1. The van der Waals surface area contributed by atoms with Gasteiger partial charge in [-0.3, -0.25) is 9.69 Å². The number of benzene rings is 2. The van der Waals surface area contributed by atoms with E-state index in [-0.39, 0.29) is 30.1 Å². The first-order chi connectivity index (χ1) is 13.6. The van der Waals surface area contributed by atoms with E-state index in [0.29, 0.717) is 24.3 Å². The van der Waals surface area contributed by atoms with Crippen LogP contribution in [-0.2, 0) is 11.3 Å². The molecule has 2 aromatic carbocycles. The van der Waals surface area contributed by atoms with Crippen molar-refractivity contribution in [1.82, 2.24) is 4.90 Å². The molecule has 7 nitrogen and oxygen atoms in total. The maximum absolute atomic E-state index is 13.1. The molecule has 1 fully saturated rings. The topological polar surface area (TPSA) is 79.3 Å². The highest BCUT2D eigenvalue weighted by Gasteiger charge is 2.39. The van der Waals surface area contributed by atoms with E-state index in [9.17, 15) is 14.7 Å². The third-order valence-corrected chi connectivity index (χ3v) is 5.28. The maximum Gasteiger partial charge on any atom is 0.414 e. The molecule has 4 rings (SSSR count). The van der Waals surface area contributed by atoms with Gasteiger partial charge in [-0.2, -0.15) is 0 Å². The Bertz CT molecular complexity index is 899. The Morgan fingerprint density at radius 2 is 2.04 bits per heavy atom. The van der Waals surface area contributed by atoms with E-state index in [2.05, 4.69) is 0 Å². The Morgan fingerprint density at radius 3 is 2.79 bits per heavy atom. The fourth-order valence-corrected chi connectivity index (χ4v) is 3.84. The van der Waals surface area contributed by atoms with Crippen LogP contribution in [0.5, 0.6) is 11.5 Å². The SMILES string of the molecule is COc1cc2c(cc1O)N(C(=O)OCc1ccccc1)C[C@@H]1CCCN1C2=O. The molecule has 0 saturated carbocycles. The number of rotatable bonds is 3. The number of fused-ring (bicyclic) bond motifs is 2. The fraction of sp³-hybridized carbons (Fsp3) is 0.333. The molecule has 2 amide bonds. The van der Waals surface area contributed by atoms with E-state index in [1.807, 2.05) is 30.3 Å². The summed E-state index contributed by atoms with van der Waals surface area (Å²) < 4.78 is 10.7. The minimum absolute atomic E-state index is 0.0719. The van der Waals surface area contributed by atoms with Gasteiger partial charge >= 0.3 is 6.09 Å². The molecule has 2 aromatic rings. The molecule has 1 N–H and O–H groups in total. The van der Waals surface area contributed by atoms with Crippen molar-refractivity contribution >= 4 is 17.7 Å². The van der Waals surface area contributed by atoms with Crippen LogP contribution < -0.4 is 9.64 Å². The minimum atomic E-state index is -0.545. The second-order valence-electron chi connectivity index (χ2n) is 6.99. The molecule has 1 atom stereocenters. The van der Waals surface area contributed by atoms with E-state index in [4.69, 9.17) is 9.47 Å². The van der Waals surface area contributed by atoms with Gasteiger partial charge in [0.15, 0.2) is 11.5 Å². The van der Waals surface area contributed by atoms with E-state index < -0.39 is 6.09 Å². The van der Waals surface area contributed by atoms with Gasteiger partial charge in [0, 0.05) is 19.2 Å². The van der Waals surface area contributed by atoms with Crippen molar-refractivity contribution in [3.8, 4) is 11.5 Å². The van der Waals surface area contributed by atoms with Gasteiger partial charge in [0.2, 0.25) is 0 Å². The standard InChI is InChI=1S/C21H22N2O5/c1-27-19-10-16-17(11-18(19)24)23(12-15-8-5-9-22(15)20(16)25)21(26)28-13-14-6-3-2-4-7-14/h2-4,6-7,10-11,15,24H,5,8-9,12-13H2,1H3/t15-/m0/s1. The highest BCUT2D eigenvalue weighted by Crippen LogP contribution is 2.39. The number of carbonyl (C=O) groups excluding carboxylic acids is 2. The quantitative estimate of drug-likeness (QED) is 0.882. The summed E-state index contributed by atoms with van der Waals surface area (Å²) in [7, 11) is 1.42. The van der Waals surface area contributed by atoms with Crippen molar-refractivity contribution in [2.75, 3.05) is 25.1 Å². The zero-order valence-corrected chi connectivity index (χ0v) is 15.6. The number of hydrogen-bond donors (Lipinski definition) is 1. The lowest BCUT2D eigenvalue weighted by Crippen LogP contribution is -2.42. The lowest BCUT2D eigenvalue weighted by molar-refractivity contribution is 0.0746. The fourth-order valence-electron chi connectivity index (χ4n) is 3.84. The molecule has 28 heavy (non-hydrogen) atoms. The van der Waals surface area contributed by atoms with Crippen LogP contribution in [-0.4, -0.2) is 48.2 Å². The van der Waals surface area contributed by atoms with Crippen LogP contribution in [0.15, 0.2) is 42.5 Å². The Morgan fingerprint density at radius 1 is 1.25 bits per heavy atom. The molecule has 1 saturated heterocycles. The molecule has 0 aromatic heterocycles. The third kappa shape index (κ3) is 3.24. The first-order valence-corrected chi connectivity index (χ1v) is 9.28. The van der Waals surface area contributed by atoms with Gasteiger partial charge in [-0.25, -0.2) is 4.79 Å². The predicted octanol–water partition coefficient (Wildman–Crippen LogP) is 3.16. The van der Waals surface area contributed by atoms with Crippen LogP contribution in [0.1, 0.15) is 28.8 Å². The smallest absolute Gasteiger partial charge is 0.414 e. The molecular formula is C21H22N2O5. The zero-order valence-electron chi connectivity index (χ0n) is 15.6. The lowest BCUT2D eigenvalue weighted by atomic mass is 10.1. The number of amides is 2. The van der Waals surface area contributed by atoms with E-state index in [0.717, 1.165) is 18.4 Å². The average molecular weight is 382 g/mol. The van der Waals surface area contributed by atoms with Crippen molar-refractivity contribution in [2.45, 2.75) is 25.5 Å². The van der Waals surface area contributed by atoms with Crippen LogP contribution in [0, 0.1) is 0 Å². The van der Waals surface area contributed by atoms with E-state index in [1.165, 1.54) is 24.1 Å². The summed E-state index contributed by atoms with van der Waals surface area (Å²) >= 11 is 0. The lowest BCUT2D eigenvalue weighted by Gasteiger charge is -2.25. The molecule has 2 aliphatic heterocycles. The normalized spacial score (nSPS) is 18.3. The summed E-state index contributed by atoms with van der Waals surface area (Å²) in [6, 6.07) is 12.2. The van der Waals surface area contributed by atoms with Crippen molar-refractivity contribution in [3.63, 3.8) is 0 Å². The minimum Gasteiger partial charge on any atom is -0.504 e. The van der Waals surface area contributed by atoms with E-state index in [1.54, 1.807) is 4.90 Å². The van der Waals surface area contributed by atoms with Gasteiger partial charge in [-0.05, 0) is 24.5 Å². The molecule has 0 spiro atoms. The number of aromatic hydroxyl groups is 1. The molecular weight excluding hydrogens is 360 g/mol. The number of anilines is 1. The number of hydrogen-bond acceptors (Lipinski definition) is 5. The molecule has 146 valence electrons. The molecule has 0 aliphatic carbocycles. The number of ether oxygens (including phenoxy) is 2. The van der Waals surface area contributed by atoms with Crippen molar-refractivity contribution in [1.29, 1.82) is 0 Å². The van der Waals surface area contributed by atoms with Crippen LogP contribution in [0.2, 0.25) is 0 Å². The first-order valence-electron chi connectivity index (χ1n) is 9.28. The number of phenolic OH excluding ortho intramolecular Hbond substituents is 1. The number of carbonyl (C=O) groups is 2. The van der Waals surface area contributed by atoms with Gasteiger partial charge in [0.05, 0.1) is 24.4 Å². The number of nitrogens with zero attached hydrogens (tertiary/aromatic N) is 2. The van der Waals surface area contributed by atoms with Crippen LogP contribution in [0.4, 0.5) is 10.5 Å². The second kappa shape index (κ2) is 7.42. The summed E-state index contributed by atoms with van der Waals surface area (Å²) in [4.78, 5) is 29.2. The predicted molar refractivity (Wildman–Crippen MR) is 103 cm³/mol. The highest BCUT2D eigenvalue weighted by atomic mass is 16.6.